The van der Waals surface area contributed by atoms with Crippen LogP contribution in [-0.2, 0) is 4.79 Å². The maximum absolute atomic E-state index is 13.0. The Morgan fingerprint density at radius 1 is 1.40 bits per heavy atom. The first kappa shape index (κ1) is 14.9. The molecule has 0 fully saturated rings. The Morgan fingerprint density at radius 3 is 2.85 bits per heavy atom. The van der Waals surface area contributed by atoms with E-state index in [4.69, 9.17) is 0 Å². The second-order valence-corrected chi connectivity index (χ2v) is 6.40. The molecule has 0 bridgehead atoms. The highest BCUT2D eigenvalue weighted by atomic mass is 32.2. The molecule has 0 radical (unpaired) electrons. The Labute approximate surface area is 123 Å². The van der Waals surface area contributed by atoms with E-state index >= 15 is 0 Å². The molecule has 0 aliphatic rings. The van der Waals surface area contributed by atoms with Crippen LogP contribution >= 0.6 is 23.1 Å². The predicted octanol–water partition coefficient (Wildman–Crippen LogP) is 3.85. The smallest absolute Gasteiger partial charge is 0.226 e. The van der Waals surface area contributed by atoms with Crippen molar-refractivity contribution in [1.82, 2.24) is 4.98 Å². The first-order valence-electron chi connectivity index (χ1n) is 5.85. The zero-order valence-corrected chi connectivity index (χ0v) is 12.3. The number of nitrogens with zero attached hydrogens (tertiary/aromatic N) is 1. The average molecular weight is 314 g/mol. The van der Waals surface area contributed by atoms with Crippen molar-refractivity contribution in [3.05, 3.63) is 40.9 Å². The fourth-order valence-corrected chi connectivity index (χ4v) is 2.98. The number of hydrogen-bond acceptors (Lipinski definition) is 4. The minimum Gasteiger partial charge on any atom is -0.302 e. The van der Waals surface area contributed by atoms with Gasteiger partial charge < -0.3 is 5.32 Å². The number of hydrogen-bond donors (Lipinski definition) is 1. The largest absolute Gasteiger partial charge is 0.302 e. The molecule has 7 heteroatoms. The quantitative estimate of drug-likeness (QED) is 0.852. The molecule has 1 aromatic heterocycles. The molecule has 0 atom stereocenters. The summed E-state index contributed by atoms with van der Waals surface area (Å²) in [4.78, 5) is 17.3. The minimum absolute atomic E-state index is 0.144. The molecule has 1 N–H and O–H groups in total. The summed E-state index contributed by atoms with van der Waals surface area (Å²) in [7, 11) is 0. The van der Waals surface area contributed by atoms with Gasteiger partial charge in [0.25, 0.3) is 0 Å². The van der Waals surface area contributed by atoms with E-state index < -0.39 is 11.6 Å². The van der Waals surface area contributed by atoms with Gasteiger partial charge in [0, 0.05) is 28.1 Å². The van der Waals surface area contributed by atoms with E-state index in [1.165, 1.54) is 29.2 Å². The third-order valence-corrected chi connectivity index (χ3v) is 4.18. The van der Waals surface area contributed by atoms with Gasteiger partial charge in [-0.2, -0.15) is 0 Å². The highest BCUT2D eigenvalue weighted by molar-refractivity contribution is 7.99. The Hall–Kier alpha value is -1.47. The number of aromatic nitrogens is 1. The summed E-state index contributed by atoms with van der Waals surface area (Å²) in [6, 6.07) is 3.70. The number of halogens is 2. The first-order valence-corrected chi connectivity index (χ1v) is 7.65. The molecule has 106 valence electrons. The Morgan fingerprint density at radius 2 is 2.20 bits per heavy atom. The monoisotopic (exact) mass is 314 g/mol. The van der Waals surface area contributed by atoms with Gasteiger partial charge in [-0.15, -0.1) is 23.1 Å². The maximum Gasteiger partial charge on any atom is 0.226 e. The summed E-state index contributed by atoms with van der Waals surface area (Å²) in [5.41, 5.74) is 0. The predicted molar refractivity (Wildman–Crippen MR) is 77.2 cm³/mol. The number of anilines is 1. The van der Waals surface area contributed by atoms with Crippen LogP contribution in [0, 0.1) is 18.6 Å². The van der Waals surface area contributed by atoms with E-state index in [9.17, 15) is 13.6 Å². The number of amides is 1. The van der Waals surface area contributed by atoms with Gasteiger partial charge in [0.1, 0.15) is 0 Å². The normalized spacial score (nSPS) is 10.6. The fraction of sp³-hybridized carbons (Fsp3) is 0.231. The van der Waals surface area contributed by atoms with E-state index in [1.807, 2.05) is 6.92 Å². The van der Waals surface area contributed by atoms with Crippen LogP contribution in [0.4, 0.5) is 13.9 Å². The van der Waals surface area contributed by atoms with E-state index in [2.05, 4.69) is 10.3 Å². The fourth-order valence-electron chi connectivity index (χ4n) is 1.42. The number of thioether (sulfide) groups is 1. The van der Waals surface area contributed by atoms with Crippen LogP contribution in [0.1, 0.15) is 11.3 Å². The zero-order chi connectivity index (χ0) is 14.5. The summed E-state index contributed by atoms with van der Waals surface area (Å²) < 4.78 is 25.7. The summed E-state index contributed by atoms with van der Waals surface area (Å²) in [6.07, 6.45) is 1.97. The van der Waals surface area contributed by atoms with Gasteiger partial charge in [0.05, 0.1) is 0 Å². The van der Waals surface area contributed by atoms with Crippen LogP contribution in [-0.4, -0.2) is 16.6 Å². The molecule has 20 heavy (non-hydrogen) atoms. The topological polar surface area (TPSA) is 42.0 Å². The summed E-state index contributed by atoms with van der Waals surface area (Å²) in [6.45, 7) is 1.91. The number of carbonyl (C=O) groups excluding carboxylic acids is 1. The molecule has 1 aromatic carbocycles. The highest BCUT2D eigenvalue weighted by Crippen LogP contribution is 2.22. The Bertz CT molecular complexity index is 616. The molecule has 0 unspecified atom stereocenters. The van der Waals surface area contributed by atoms with E-state index in [-0.39, 0.29) is 12.3 Å². The average Bonchev–Trinajstić information content (AvgIpc) is 2.79. The first-order chi connectivity index (χ1) is 9.54. The van der Waals surface area contributed by atoms with Crippen LogP contribution in [0.5, 0.6) is 0 Å². The summed E-state index contributed by atoms with van der Waals surface area (Å²) in [5.74, 6) is -1.40. The number of rotatable bonds is 5. The van der Waals surface area contributed by atoms with Crippen LogP contribution in [0.25, 0.3) is 0 Å². The zero-order valence-electron chi connectivity index (χ0n) is 10.7. The third kappa shape index (κ3) is 4.28. The van der Waals surface area contributed by atoms with E-state index in [0.717, 1.165) is 17.0 Å². The van der Waals surface area contributed by atoms with E-state index in [1.54, 1.807) is 6.20 Å². The van der Waals surface area contributed by atoms with Crippen molar-refractivity contribution in [2.75, 3.05) is 11.1 Å². The van der Waals surface area contributed by atoms with Crippen LogP contribution in [0.15, 0.2) is 29.3 Å². The molecule has 1 amide bonds. The van der Waals surface area contributed by atoms with Gasteiger partial charge in [-0.3, -0.25) is 4.79 Å². The number of carbonyl (C=O) groups is 1. The standard InChI is InChI=1S/C13H12F2N2OS2/c1-8-7-16-13(20-8)17-12(18)4-5-19-9-2-3-10(14)11(15)6-9/h2-3,6-7H,4-5H2,1H3,(H,16,17,18). The number of benzene rings is 1. The molecular formula is C13H12F2N2OS2. The molecular weight excluding hydrogens is 302 g/mol. The Balaban J connectivity index is 1.77. The molecule has 2 aromatic rings. The molecule has 0 aliphatic carbocycles. The maximum atomic E-state index is 13.0. The van der Waals surface area contributed by atoms with Gasteiger partial charge in [-0.25, -0.2) is 13.8 Å². The van der Waals surface area contributed by atoms with Crippen LogP contribution in [0.2, 0.25) is 0 Å². The van der Waals surface area contributed by atoms with Crippen molar-refractivity contribution in [3.8, 4) is 0 Å². The van der Waals surface area contributed by atoms with Gasteiger partial charge >= 0.3 is 0 Å². The molecule has 0 saturated heterocycles. The van der Waals surface area contributed by atoms with Gasteiger partial charge in [0.15, 0.2) is 16.8 Å². The SMILES string of the molecule is Cc1cnc(NC(=O)CCSc2ccc(F)c(F)c2)s1. The van der Waals surface area contributed by atoms with Gasteiger partial charge in [-0.05, 0) is 25.1 Å². The van der Waals surface area contributed by atoms with E-state index in [0.29, 0.717) is 15.8 Å². The van der Waals surface area contributed by atoms with Crippen molar-refractivity contribution in [1.29, 1.82) is 0 Å². The molecule has 1 heterocycles. The summed E-state index contributed by atoms with van der Waals surface area (Å²) in [5, 5.41) is 3.26. The third-order valence-electron chi connectivity index (χ3n) is 2.36. The van der Waals surface area contributed by atoms with Crippen LogP contribution in [0.3, 0.4) is 0 Å². The van der Waals surface area contributed by atoms with Crippen molar-refractivity contribution in [2.45, 2.75) is 18.2 Å². The van der Waals surface area contributed by atoms with Crippen molar-refractivity contribution in [3.63, 3.8) is 0 Å². The molecule has 0 spiro atoms. The molecule has 3 nitrogen and oxygen atoms in total. The van der Waals surface area contributed by atoms with Crippen molar-refractivity contribution >= 4 is 34.1 Å². The lowest BCUT2D eigenvalue weighted by Gasteiger charge is -2.03. The lowest BCUT2D eigenvalue weighted by molar-refractivity contribution is -0.115. The van der Waals surface area contributed by atoms with Gasteiger partial charge in [-0.1, -0.05) is 0 Å². The number of aryl methyl sites for hydroxylation is 1. The second kappa shape index (κ2) is 6.81. The molecule has 0 saturated carbocycles. The highest BCUT2D eigenvalue weighted by Gasteiger charge is 2.07. The van der Waals surface area contributed by atoms with Gasteiger partial charge in [0.2, 0.25) is 5.91 Å². The summed E-state index contributed by atoms with van der Waals surface area (Å²) >= 11 is 2.71. The second-order valence-electron chi connectivity index (χ2n) is 4.00. The van der Waals surface area contributed by atoms with Crippen molar-refractivity contribution in [2.24, 2.45) is 0 Å². The lowest BCUT2D eigenvalue weighted by atomic mass is 10.3. The number of nitrogens with one attached hydrogen (secondary N) is 1. The lowest BCUT2D eigenvalue weighted by Crippen LogP contribution is -2.11. The Kier molecular flexibility index (Phi) is 5.08. The molecule has 0 aliphatic heterocycles. The molecule has 2 rings (SSSR count). The minimum atomic E-state index is -0.877. The van der Waals surface area contributed by atoms with Crippen molar-refractivity contribution < 1.29 is 13.6 Å². The number of thiazole rings is 1. The van der Waals surface area contributed by atoms with Crippen LogP contribution < -0.4 is 5.32 Å².